The average molecular weight is 343 g/mol. The van der Waals surface area contributed by atoms with Gasteiger partial charge in [0, 0.05) is 0 Å². The first-order valence-electron chi connectivity index (χ1n) is 11.2. The molecule has 0 aromatic carbocycles. The number of hydrogen-bond acceptors (Lipinski definition) is 1. The third kappa shape index (κ3) is 2.31. The number of carboxylic acids is 1. The Labute approximate surface area is 152 Å². The van der Waals surface area contributed by atoms with Gasteiger partial charge in [-0.15, -0.1) is 0 Å². The van der Waals surface area contributed by atoms with Crippen LogP contribution in [0.4, 0.5) is 0 Å². The SMILES string of the molecule is O=C(O)C12CCC3CCCCC3C1CCC1=C3CCCCC3CCC12. The lowest BCUT2D eigenvalue weighted by atomic mass is 9.44. The van der Waals surface area contributed by atoms with Crippen molar-refractivity contribution in [1.82, 2.24) is 0 Å². The molecule has 6 atom stereocenters. The van der Waals surface area contributed by atoms with Crippen molar-refractivity contribution >= 4 is 5.97 Å². The van der Waals surface area contributed by atoms with Crippen molar-refractivity contribution in [2.24, 2.45) is 35.0 Å². The molecule has 0 saturated heterocycles. The molecule has 138 valence electrons. The van der Waals surface area contributed by atoms with Crippen molar-refractivity contribution in [3.63, 3.8) is 0 Å². The Bertz CT molecular complexity index is 591. The molecular weight excluding hydrogens is 308 g/mol. The molecule has 0 aliphatic heterocycles. The molecule has 6 unspecified atom stereocenters. The monoisotopic (exact) mass is 342 g/mol. The lowest BCUT2D eigenvalue weighted by Gasteiger charge is -2.58. The third-order valence-electron chi connectivity index (χ3n) is 9.20. The van der Waals surface area contributed by atoms with E-state index in [0.29, 0.717) is 17.8 Å². The van der Waals surface area contributed by atoms with E-state index in [-0.39, 0.29) is 0 Å². The van der Waals surface area contributed by atoms with Crippen molar-refractivity contribution < 1.29 is 9.90 Å². The number of aliphatic carboxylic acids is 1. The fraction of sp³-hybridized carbons (Fsp3) is 0.870. The normalized spacial score (nSPS) is 46.5. The number of hydrogen-bond donors (Lipinski definition) is 1. The summed E-state index contributed by atoms with van der Waals surface area (Å²) in [5, 5.41) is 10.5. The molecule has 5 rings (SSSR count). The van der Waals surface area contributed by atoms with Gasteiger partial charge in [0.05, 0.1) is 5.41 Å². The molecule has 0 aromatic rings. The summed E-state index contributed by atoms with van der Waals surface area (Å²) in [5.74, 6) is 2.79. The van der Waals surface area contributed by atoms with Gasteiger partial charge in [-0.05, 0) is 93.8 Å². The molecule has 0 bridgehead atoms. The Morgan fingerprint density at radius 1 is 0.840 bits per heavy atom. The second-order valence-corrected chi connectivity index (χ2v) is 9.86. The summed E-state index contributed by atoms with van der Waals surface area (Å²) < 4.78 is 0. The Morgan fingerprint density at radius 2 is 1.68 bits per heavy atom. The van der Waals surface area contributed by atoms with Gasteiger partial charge in [0.15, 0.2) is 0 Å². The van der Waals surface area contributed by atoms with Crippen LogP contribution in [-0.4, -0.2) is 11.1 Å². The van der Waals surface area contributed by atoms with Crippen molar-refractivity contribution in [2.75, 3.05) is 0 Å². The van der Waals surface area contributed by atoms with Crippen molar-refractivity contribution in [3.8, 4) is 0 Å². The molecule has 2 nitrogen and oxygen atoms in total. The molecular formula is C23H34O2. The lowest BCUT2D eigenvalue weighted by Crippen LogP contribution is -2.56. The fourth-order valence-corrected chi connectivity index (χ4v) is 8.24. The van der Waals surface area contributed by atoms with Crippen LogP contribution >= 0.6 is 0 Å². The fourth-order valence-electron chi connectivity index (χ4n) is 8.24. The molecule has 0 amide bonds. The van der Waals surface area contributed by atoms with E-state index in [1.165, 1.54) is 83.5 Å². The van der Waals surface area contributed by atoms with Crippen LogP contribution in [0.2, 0.25) is 0 Å². The van der Waals surface area contributed by atoms with E-state index >= 15 is 0 Å². The molecule has 4 saturated carbocycles. The molecule has 5 aliphatic carbocycles. The largest absolute Gasteiger partial charge is 0.481 e. The van der Waals surface area contributed by atoms with Crippen molar-refractivity contribution in [1.29, 1.82) is 0 Å². The number of rotatable bonds is 1. The first-order valence-corrected chi connectivity index (χ1v) is 11.2. The zero-order valence-corrected chi connectivity index (χ0v) is 15.6. The average Bonchev–Trinajstić information content (AvgIpc) is 2.66. The van der Waals surface area contributed by atoms with Crippen molar-refractivity contribution in [3.05, 3.63) is 11.1 Å². The van der Waals surface area contributed by atoms with E-state index in [2.05, 4.69) is 0 Å². The third-order valence-corrected chi connectivity index (χ3v) is 9.20. The maximum absolute atomic E-state index is 12.8. The van der Waals surface area contributed by atoms with E-state index in [4.69, 9.17) is 0 Å². The van der Waals surface area contributed by atoms with E-state index in [1.807, 2.05) is 0 Å². The van der Waals surface area contributed by atoms with Crippen molar-refractivity contribution in [2.45, 2.75) is 89.9 Å². The van der Waals surface area contributed by atoms with E-state index in [1.54, 1.807) is 11.1 Å². The van der Waals surface area contributed by atoms with Gasteiger partial charge in [-0.25, -0.2) is 0 Å². The second-order valence-electron chi connectivity index (χ2n) is 9.86. The van der Waals surface area contributed by atoms with Gasteiger partial charge in [0.2, 0.25) is 0 Å². The number of carboxylic acid groups (broad SMARTS) is 1. The van der Waals surface area contributed by atoms with E-state index < -0.39 is 11.4 Å². The van der Waals surface area contributed by atoms with Crippen LogP contribution in [0.1, 0.15) is 89.9 Å². The quantitative estimate of drug-likeness (QED) is 0.597. The predicted molar refractivity (Wildman–Crippen MR) is 99.2 cm³/mol. The highest BCUT2D eigenvalue weighted by Gasteiger charge is 2.61. The molecule has 5 aliphatic rings. The minimum Gasteiger partial charge on any atom is -0.481 e. The lowest BCUT2D eigenvalue weighted by molar-refractivity contribution is -0.170. The number of allylic oxidation sites excluding steroid dienone is 2. The molecule has 25 heavy (non-hydrogen) atoms. The summed E-state index contributed by atoms with van der Waals surface area (Å²) in [6.07, 6.45) is 17.8. The summed E-state index contributed by atoms with van der Waals surface area (Å²) in [7, 11) is 0. The van der Waals surface area contributed by atoms with E-state index in [9.17, 15) is 9.90 Å². The van der Waals surface area contributed by atoms with Gasteiger partial charge in [-0.3, -0.25) is 4.79 Å². The molecule has 0 heterocycles. The highest BCUT2D eigenvalue weighted by molar-refractivity contribution is 5.77. The number of fused-ring (bicyclic) bond motifs is 6. The summed E-state index contributed by atoms with van der Waals surface area (Å²) in [5.41, 5.74) is 3.00. The van der Waals surface area contributed by atoms with Gasteiger partial charge >= 0.3 is 5.97 Å². The topological polar surface area (TPSA) is 37.3 Å². The first kappa shape index (κ1) is 16.4. The maximum Gasteiger partial charge on any atom is 0.310 e. The molecule has 4 fully saturated rings. The summed E-state index contributed by atoms with van der Waals surface area (Å²) in [6, 6.07) is 0. The van der Waals surface area contributed by atoms with Gasteiger partial charge in [-0.2, -0.15) is 0 Å². The van der Waals surface area contributed by atoms with Gasteiger partial charge < -0.3 is 5.11 Å². The van der Waals surface area contributed by atoms with E-state index in [0.717, 1.165) is 18.3 Å². The van der Waals surface area contributed by atoms with Crippen LogP contribution in [0.3, 0.4) is 0 Å². The first-order chi connectivity index (χ1) is 12.2. The van der Waals surface area contributed by atoms with Crippen LogP contribution in [0.25, 0.3) is 0 Å². The van der Waals surface area contributed by atoms with Crippen LogP contribution in [0.15, 0.2) is 11.1 Å². The molecule has 0 radical (unpaired) electrons. The predicted octanol–water partition coefficient (Wildman–Crippen LogP) is 5.96. The van der Waals surface area contributed by atoms with Gasteiger partial charge in [-0.1, -0.05) is 36.8 Å². The highest BCUT2D eigenvalue weighted by Crippen LogP contribution is 2.64. The Balaban J connectivity index is 1.56. The van der Waals surface area contributed by atoms with Crippen LogP contribution < -0.4 is 0 Å². The molecule has 1 N–H and O–H groups in total. The minimum absolute atomic E-state index is 0.385. The zero-order chi connectivity index (χ0) is 17.0. The van der Waals surface area contributed by atoms with Crippen LogP contribution in [0.5, 0.6) is 0 Å². The Hall–Kier alpha value is -0.790. The summed E-state index contributed by atoms with van der Waals surface area (Å²) in [4.78, 5) is 12.8. The maximum atomic E-state index is 12.8. The smallest absolute Gasteiger partial charge is 0.310 e. The Morgan fingerprint density at radius 3 is 2.56 bits per heavy atom. The number of carbonyl (C=O) groups is 1. The summed E-state index contributed by atoms with van der Waals surface area (Å²) in [6.45, 7) is 0. The van der Waals surface area contributed by atoms with Crippen LogP contribution in [0, 0.1) is 35.0 Å². The summed E-state index contributed by atoms with van der Waals surface area (Å²) >= 11 is 0. The Kier molecular flexibility index (Phi) is 4.02. The molecule has 0 spiro atoms. The standard InChI is InChI=1S/C23H34O2/c24-22(25)23-14-13-16-6-2-4-8-18(16)20(23)12-10-19-17-7-3-1-5-15(17)9-11-21(19)23/h15-16,18,20-21H,1-14H2,(H,24,25). The minimum atomic E-state index is -0.432. The molecule has 2 heteroatoms. The van der Waals surface area contributed by atoms with Gasteiger partial charge in [0.1, 0.15) is 0 Å². The second kappa shape index (κ2) is 6.13. The van der Waals surface area contributed by atoms with Crippen LogP contribution in [-0.2, 0) is 4.79 Å². The highest BCUT2D eigenvalue weighted by atomic mass is 16.4. The molecule has 0 aromatic heterocycles. The van der Waals surface area contributed by atoms with Gasteiger partial charge in [0.25, 0.3) is 0 Å². The zero-order valence-electron chi connectivity index (χ0n) is 15.6.